The molecule has 2 aromatic rings. The van der Waals surface area contributed by atoms with Crippen LogP contribution in [-0.4, -0.2) is 19.1 Å². The Hall–Kier alpha value is -2.20. The number of fused-ring (bicyclic) bond motifs is 1. The molecule has 4 nitrogen and oxygen atoms in total. The highest BCUT2D eigenvalue weighted by molar-refractivity contribution is 6.30. The molecule has 0 aliphatic carbocycles. The van der Waals surface area contributed by atoms with Gasteiger partial charge in [0.25, 0.3) is 0 Å². The van der Waals surface area contributed by atoms with Crippen molar-refractivity contribution in [2.24, 2.45) is 0 Å². The van der Waals surface area contributed by atoms with E-state index in [1.54, 1.807) is 6.07 Å². The van der Waals surface area contributed by atoms with E-state index >= 15 is 0 Å². The van der Waals surface area contributed by atoms with Gasteiger partial charge in [0.15, 0.2) is 11.5 Å². The molecule has 1 N–H and O–H groups in total. The van der Waals surface area contributed by atoms with Crippen molar-refractivity contribution in [1.82, 2.24) is 0 Å². The first kappa shape index (κ1) is 15.7. The number of nitrogens with one attached hydrogen (secondary N) is 1. The summed E-state index contributed by atoms with van der Waals surface area (Å²) in [6.45, 7) is 1.28. The molecule has 0 spiro atoms. The summed E-state index contributed by atoms with van der Waals surface area (Å²) in [6, 6.07) is 13.0. The fourth-order valence-corrected chi connectivity index (χ4v) is 2.50. The quantitative estimate of drug-likeness (QED) is 0.918. The number of hydrogen-bond acceptors (Lipinski definition) is 3. The van der Waals surface area contributed by atoms with Crippen molar-refractivity contribution in [3.63, 3.8) is 0 Å². The molecule has 1 heterocycles. The topological polar surface area (TPSA) is 47.6 Å². The second-order valence-corrected chi connectivity index (χ2v) is 5.82. The predicted molar refractivity (Wildman–Crippen MR) is 90.5 cm³/mol. The van der Waals surface area contributed by atoms with E-state index in [1.165, 1.54) is 0 Å². The molecule has 0 radical (unpaired) electrons. The molecule has 0 saturated heterocycles. The van der Waals surface area contributed by atoms with Gasteiger partial charge in [-0.15, -0.1) is 0 Å². The van der Waals surface area contributed by atoms with E-state index in [-0.39, 0.29) is 5.91 Å². The summed E-state index contributed by atoms with van der Waals surface area (Å²) in [5, 5.41) is 3.59. The molecule has 2 aromatic carbocycles. The van der Waals surface area contributed by atoms with Gasteiger partial charge in [-0.2, -0.15) is 0 Å². The van der Waals surface area contributed by atoms with Gasteiger partial charge >= 0.3 is 0 Å². The fraction of sp³-hybridized carbons (Fsp3) is 0.278. The second-order valence-electron chi connectivity index (χ2n) is 5.39. The second kappa shape index (κ2) is 7.38. The lowest BCUT2D eigenvalue weighted by Crippen LogP contribution is -2.12. The van der Waals surface area contributed by atoms with Gasteiger partial charge in [0, 0.05) is 29.6 Å². The molecular formula is C18H18ClNO3. The average Bonchev–Trinajstić information content (AvgIpc) is 2.79. The van der Waals surface area contributed by atoms with Crippen molar-refractivity contribution >= 4 is 23.2 Å². The molecule has 0 fully saturated rings. The van der Waals surface area contributed by atoms with Crippen molar-refractivity contribution < 1.29 is 14.3 Å². The van der Waals surface area contributed by atoms with Crippen LogP contribution in [0.2, 0.25) is 5.02 Å². The van der Waals surface area contributed by atoms with Gasteiger partial charge in [-0.25, -0.2) is 0 Å². The molecule has 23 heavy (non-hydrogen) atoms. The lowest BCUT2D eigenvalue weighted by Gasteiger charge is -2.10. The van der Waals surface area contributed by atoms with Gasteiger partial charge < -0.3 is 14.8 Å². The number of benzene rings is 2. The SMILES string of the molecule is O=C(CCc1ccc(Cl)cc1)Nc1ccc2c(c1)OCCCO2. The minimum Gasteiger partial charge on any atom is -0.490 e. The van der Waals surface area contributed by atoms with Crippen molar-refractivity contribution in [1.29, 1.82) is 0 Å². The number of amides is 1. The molecule has 0 unspecified atom stereocenters. The Morgan fingerprint density at radius 2 is 1.78 bits per heavy atom. The zero-order chi connectivity index (χ0) is 16.1. The standard InChI is InChI=1S/C18H18ClNO3/c19-14-5-2-13(3-6-14)4-9-18(21)20-15-7-8-16-17(12-15)23-11-1-10-22-16/h2-3,5-8,12H,1,4,9-11H2,(H,20,21). The highest BCUT2D eigenvalue weighted by Crippen LogP contribution is 2.32. The Balaban J connectivity index is 1.57. The van der Waals surface area contributed by atoms with Gasteiger partial charge in [0.2, 0.25) is 5.91 Å². The number of halogens is 1. The molecular weight excluding hydrogens is 314 g/mol. The Morgan fingerprint density at radius 3 is 2.57 bits per heavy atom. The molecule has 5 heteroatoms. The normalized spacial score (nSPS) is 13.3. The third-order valence-electron chi connectivity index (χ3n) is 3.59. The number of carbonyl (C=O) groups is 1. The number of aryl methyl sites for hydroxylation is 1. The molecule has 3 rings (SSSR count). The van der Waals surface area contributed by atoms with Crippen LogP contribution in [0.15, 0.2) is 42.5 Å². The molecule has 1 aliphatic rings. The van der Waals surface area contributed by atoms with Crippen molar-refractivity contribution in [2.75, 3.05) is 18.5 Å². The monoisotopic (exact) mass is 331 g/mol. The van der Waals surface area contributed by atoms with Gasteiger partial charge in [-0.3, -0.25) is 4.79 Å². The molecule has 0 atom stereocenters. The fourth-order valence-electron chi connectivity index (χ4n) is 2.37. The lowest BCUT2D eigenvalue weighted by molar-refractivity contribution is -0.116. The summed E-state index contributed by atoms with van der Waals surface area (Å²) < 4.78 is 11.2. The van der Waals surface area contributed by atoms with E-state index in [4.69, 9.17) is 21.1 Å². The van der Waals surface area contributed by atoms with Crippen molar-refractivity contribution in [3.05, 3.63) is 53.1 Å². The Labute approximate surface area is 140 Å². The summed E-state index contributed by atoms with van der Waals surface area (Å²) in [5.41, 5.74) is 1.80. The minimum atomic E-state index is -0.0329. The molecule has 120 valence electrons. The molecule has 0 aromatic heterocycles. The zero-order valence-corrected chi connectivity index (χ0v) is 13.4. The number of rotatable bonds is 4. The number of anilines is 1. The smallest absolute Gasteiger partial charge is 0.224 e. The maximum Gasteiger partial charge on any atom is 0.224 e. The van der Waals surface area contributed by atoms with E-state index in [0.29, 0.717) is 36.8 Å². The maximum absolute atomic E-state index is 12.1. The maximum atomic E-state index is 12.1. The summed E-state index contributed by atoms with van der Waals surface area (Å²) >= 11 is 5.85. The van der Waals surface area contributed by atoms with Gasteiger partial charge in [0.1, 0.15) is 0 Å². The van der Waals surface area contributed by atoms with Crippen LogP contribution in [0.3, 0.4) is 0 Å². The molecule has 0 bridgehead atoms. The summed E-state index contributed by atoms with van der Waals surface area (Å²) in [6.07, 6.45) is 1.95. The number of hydrogen-bond donors (Lipinski definition) is 1. The third-order valence-corrected chi connectivity index (χ3v) is 3.84. The van der Waals surface area contributed by atoms with Crippen molar-refractivity contribution in [2.45, 2.75) is 19.3 Å². The Morgan fingerprint density at radius 1 is 1.04 bits per heavy atom. The molecule has 1 aliphatic heterocycles. The van der Waals surface area contributed by atoms with E-state index in [2.05, 4.69) is 5.32 Å². The summed E-state index contributed by atoms with van der Waals surface area (Å²) in [7, 11) is 0. The molecule has 0 saturated carbocycles. The first-order chi connectivity index (χ1) is 11.2. The van der Waals surface area contributed by atoms with Crippen LogP contribution >= 0.6 is 11.6 Å². The first-order valence-electron chi connectivity index (χ1n) is 7.65. The van der Waals surface area contributed by atoms with Crippen LogP contribution in [0.25, 0.3) is 0 Å². The van der Waals surface area contributed by atoms with Crippen LogP contribution in [-0.2, 0) is 11.2 Å². The minimum absolute atomic E-state index is 0.0329. The highest BCUT2D eigenvalue weighted by Gasteiger charge is 2.11. The van der Waals surface area contributed by atoms with Gasteiger partial charge in [-0.1, -0.05) is 23.7 Å². The zero-order valence-electron chi connectivity index (χ0n) is 12.7. The predicted octanol–water partition coefficient (Wildman–Crippen LogP) is 4.07. The lowest BCUT2D eigenvalue weighted by atomic mass is 10.1. The van der Waals surface area contributed by atoms with E-state index in [0.717, 1.165) is 23.4 Å². The van der Waals surface area contributed by atoms with Crippen LogP contribution in [0, 0.1) is 0 Å². The summed E-state index contributed by atoms with van der Waals surface area (Å²) in [5.74, 6) is 1.37. The molecule has 1 amide bonds. The van der Waals surface area contributed by atoms with Crippen LogP contribution in [0.1, 0.15) is 18.4 Å². The van der Waals surface area contributed by atoms with Crippen LogP contribution in [0.5, 0.6) is 11.5 Å². The van der Waals surface area contributed by atoms with Gasteiger partial charge in [0.05, 0.1) is 13.2 Å². The Kier molecular flexibility index (Phi) is 5.03. The van der Waals surface area contributed by atoms with E-state index in [1.807, 2.05) is 36.4 Å². The van der Waals surface area contributed by atoms with Crippen LogP contribution in [0.4, 0.5) is 5.69 Å². The third kappa shape index (κ3) is 4.39. The highest BCUT2D eigenvalue weighted by atomic mass is 35.5. The van der Waals surface area contributed by atoms with E-state index in [9.17, 15) is 4.79 Å². The average molecular weight is 332 g/mol. The first-order valence-corrected chi connectivity index (χ1v) is 8.02. The largest absolute Gasteiger partial charge is 0.490 e. The summed E-state index contributed by atoms with van der Waals surface area (Å²) in [4.78, 5) is 12.1. The van der Waals surface area contributed by atoms with Gasteiger partial charge in [-0.05, 0) is 36.2 Å². The Bertz CT molecular complexity index is 685. The number of carbonyl (C=O) groups excluding carboxylic acids is 1. The number of ether oxygens (including phenoxy) is 2. The van der Waals surface area contributed by atoms with E-state index < -0.39 is 0 Å². The van der Waals surface area contributed by atoms with Crippen molar-refractivity contribution in [3.8, 4) is 11.5 Å². The van der Waals surface area contributed by atoms with Crippen LogP contribution < -0.4 is 14.8 Å².